The Morgan fingerprint density at radius 3 is 2.67 bits per heavy atom. The predicted octanol–water partition coefficient (Wildman–Crippen LogP) is 3.53. The molecular weight excluding hydrogens is 304 g/mol. The topological polar surface area (TPSA) is 73.4 Å². The fourth-order valence-electron chi connectivity index (χ4n) is 2.97. The number of nitrogens with two attached hydrogens (primary N) is 1. The van der Waals surface area contributed by atoms with Crippen molar-refractivity contribution >= 4 is 11.9 Å². The number of hydrogen-bond acceptors (Lipinski definition) is 4. The van der Waals surface area contributed by atoms with Crippen LogP contribution in [-0.4, -0.2) is 32.9 Å². The van der Waals surface area contributed by atoms with Crippen molar-refractivity contribution in [2.45, 2.75) is 45.3 Å². The van der Waals surface area contributed by atoms with Crippen LogP contribution >= 0.6 is 0 Å². The number of nitrogens with zero attached hydrogens (tertiary/aromatic N) is 3. The number of anilines is 1. The zero-order valence-corrected chi connectivity index (χ0v) is 14.4. The lowest BCUT2D eigenvalue weighted by molar-refractivity contribution is 0.0221. The third kappa shape index (κ3) is 3.37. The maximum Gasteiger partial charge on any atom is 0.410 e. The standard InChI is InChI=1S/C18H24N4O2/c1-18(2,3)24-17(23)21-11-7-10-15(21)14-12-16(19)22(20-14)13-8-5-4-6-9-13/h4-6,8-9,12,15H,7,10-11,19H2,1-3H3/t15-/m1/s1. The average molecular weight is 328 g/mol. The first kappa shape index (κ1) is 16.4. The smallest absolute Gasteiger partial charge is 0.410 e. The van der Waals surface area contributed by atoms with Gasteiger partial charge in [-0.25, -0.2) is 9.48 Å². The number of ether oxygens (including phenoxy) is 1. The molecule has 1 aliphatic rings. The van der Waals surface area contributed by atoms with E-state index in [0.29, 0.717) is 12.4 Å². The first-order valence-electron chi connectivity index (χ1n) is 8.25. The average Bonchev–Trinajstić information content (AvgIpc) is 3.12. The van der Waals surface area contributed by atoms with Crippen LogP contribution in [0.5, 0.6) is 0 Å². The van der Waals surface area contributed by atoms with Gasteiger partial charge in [0.2, 0.25) is 0 Å². The van der Waals surface area contributed by atoms with Crippen molar-refractivity contribution in [3.05, 3.63) is 42.1 Å². The zero-order valence-electron chi connectivity index (χ0n) is 14.4. The van der Waals surface area contributed by atoms with Gasteiger partial charge in [0.05, 0.1) is 17.4 Å². The number of rotatable bonds is 2. The molecule has 1 amide bonds. The van der Waals surface area contributed by atoms with Crippen LogP contribution < -0.4 is 5.73 Å². The van der Waals surface area contributed by atoms with E-state index in [-0.39, 0.29) is 12.1 Å². The molecular formula is C18H24N4O2. The quantitative estimate of drug-likeness (QED) is 0.915. The summed E-state index contributed by atoms with van der Waals surface area (Å²) in [6.45, 7) is 6.30. The summed E-state index contributed by atoms with van der Waals surface area (Å²) >= 11 is 0. The molecule has 0 unspecified atom stereocenters. The summed E-state index contributed by atoms with van der Waals surface area (Å²) in [5.74, 6) is 0.562. The largest absolute Gasteiger partial charge is 0.444 e. The van der Waals surface area contributed by atoms with E-state index in [9.17, 15) is 4.79 Å². The fraction of sp³-hybridized carbons (Fsp3) is 0.444. The summed E-state index contributed by atoms with van der Waals surface area (Å²) in [7, 11) is 0. The molecule has 2 aromatic rings. The number of hydrogen-bond donors (Lipinski definition) is 1. The minimum atomic E-state index is -0.507. The van der Waals surface area contributed by atoms with E-state index in [1.807, 2.05) is 57.2 Å². The number of nitrogen functional groups attached to an aromatic ring is 1. The molecule has 1 saturated heterocycles. The minimum Gasteiger partial charge on any atom is -0.444 e. The van der Waals surface area contributed by atoms with Gasteiger partial charge in [-0.1, -0.05) is 18.2 Å². The molecule has 6 nitrogen and oxygen atoms in total. The molecule has 0 saturated carbocycles. The molecule has 1 fully saturated rings. The van der Waals surface area contributed by atoms with Gasteiger partial charge in [-0.2, -0.15) is 5.10 Å². The molecule has 1 atom stereocenters. The Morgan fingerprint density at radius 2 is 2.00 bits per heavy atom. The summed E-state index contributed by atoms with van der Waals surface area (Å²) in [4.78, 5) is 14.2. The number of amides is 1. The van der Waals surface area contributed by atoms with E-state index in [4.69, 9.17) is 10.5 Å². The van der Waals surface area contributed by atoms with Gasteiger partial charge in [-0.3, -0.25) is 4.90 Å². The number of likely N-dealkylation sites (tertiary alicyclic amines) is 1. The van der Waals surface area contributed by atoms with E-state index >= 15 is 0 Å². The Kier molecular flexibility index (Phi) is 4.22. The highest BCUT2D eigenvalue weighted by atomic mass is 16.6. The van der Waals surface area contributed by atoms with Crippen molar-refractivity contribution in [1.29, 1.82) is 0 Å². The Morgan fingerprint density at radius 1 is 1.29 bits per heavy atom. The minimum absolute atomic E-state index is 0.0906. The lowest BCUT2D eigenvalue weighted by Gasteiger charge is -2.27. The number of carbonyl (C=O) groups is 1. The monoisotopic (exact) mass is 328 g/mol. The van der Waals surface area contributed by atoms with E-state index in [1.165, 1.54) is 0 Å². The van der Waals surface area contributed by atoms with Crippen LogP contribution in [0.15, 0.2) is 36.4 Å². The number of para-hydroxylation sites is 1. The number of benzene rings is 1. The SMILES string of the molecule is CC(C)(C)OC(=O)N1CCC[C@@H]1c1cc(N)n(-c2ccccc2)n1. The molecule has 128 valence electrons. The van der Waals surface area contributed by atoms with E-state index < -0.39 is 5.60 Å². The highest BCUT2D eigenvalue weighted by Gasteiger charge is 2.34. The molecule has 6 heteroatoms. The first-order valence-corrected chi connectivity index (χ1v) is 8.25. The Labute approximate surface area is 142 Å². The molecule has 3 rings (SSSR count). The van der Waals surface area contributed by atoms with Gasteiger partial charge in [0.25, 0.3) is 0 Å². The van der Waals surface area contributed by atoms with Crippen LogP contribution in [0.25, 0.3) is 5.69 Å². The molecule has 0 aliphatic carbocycles. The van der Waals surface area contributed by atoms with Gasteiger partial charge in [-0.15, -0.1) is 0 Å². The molecule has 1 aliphatic heterocycles. The van der Waals surface area contributed by atoms with Crippen molar-refractivity contribution in [3.63, 3.8) is 0 Å². The molecule has 0 bridgehead atoms. The van der Waals surface area contributed by atoms with Gasteiger partial charge in [0.1, 0.15) is 11.4 Å². The van der Waals surface area contributed by atoms with Crippen molar-refractivity contribution in [2.75, 3.05) is 12.3 Å². The van der Waals surface area contributed by atoms with E-state index in [0.717, 1.165) is 24.2 Å². The van der Waals surface area contributed by atoms with Crippen molar-refractivity contribution in [3.8, 4) is 5.69 Å². The normalized spacial score (nSPS) is 18.0. The Balaban J connectivity index is 1.85. The summed E-state index contributed by atoms with van der Waals surface area (Å²) in [6, 6.07) is 11.5. The summed E-state index contributed by atoms with van der Waals surface area (Å²) < 4.78 is 7.23. The maximum atomic E-state index is 12.4. The predicted molar refractivity (Wildman–Crippen MR) is 92.9 cm³/mol. The lowest BCUT2D eigenvalue weighted by Crippen LogP contribution is -2.36. The molecule has 24 heavy (non-hydrogen) atoms. The van der Waals surface area contributed by atoms with Crippen LogP contribution in [0.3, 0.4) is 0 Å². The summed E-state index contributed by atoms with van der Waals surface area (Å²) in [6.07, 6.45) is 1.50. The van der Waals surface area contributed by atoms with Gasteiger partial charge in [0, 0.05) is 12.6 Å². The highest BCUT2D eigenvalue weighted by Crippen LogP contribution is 2.33. The maximum absolute atomic E-state index is 12.4. The van der Waals surface area contributed by atoms with Gasteiger partial charge < -0.3 is 10.5 Å². The molecule has 1 aromatic carbocycles. The van der Waals surface area contributed by atoms with Crippen LogP contribution in [-0.2, 0) is 4.74 Å². The van der Waals surface area contributed by atoms with E-state index in [1.54, 1.807) is 9.58 Å². The van der Waals surface area contributed by atoms with Gasteiger partial charge >= 0.3 is 6.09 Å². The van der Waals surface area contributed by atoms with Gasteiger partial charge in [-0.05, 0) is 45.7 Å². The van der Waals surface area contributed by atoms with Crippen molar-refractivity contribution < 1.29 is 9.53 Å². The van der Waals surface area contributed by atoms with Crippen LogP contribution in [0.4, 0.5) is 10.6 Å². The summed E-state index contributed by atoms with van der Waals surface area (Å²) in [5, 5.41) is 4.63. The van der Waals surface area contributed by atoms with Crippen LogP contribution in [0.1, 0.15) is 45.3 Å². The molecule has 0 spiro atoms. The second kappa shape index (κ2) is 6.19. The molecule has 0 radical (unpaired) electrons. The van der Waals surface area contributed by atoms with Crippen molar-refractivity contribution in [2.24, 2.45) is 0 Å². The molecule has 1 aromatic heterocycles. The fourth-order valence-corrected chi connectivity index (χ4v) is 2.97. The Bertz CT molecular complexity index is 718. The third-order valence-electron chi connectivity index (χ3n) is 3.98. The zero-order chi connectivity index (χ0) is 17.3. The lowest BCUT2D eigenvalue weighted by atomic mass is 10.1. The van der Waals surface area contributed by atoms with Gasteiger partial charge in [0.15, 0.2) is 0 Å². The number of carbonyl (C=O) groups excluding carboxylic acids is 1. The first-order chi connectivity index (χ1) is 11.3. The molecule has 2 heterocycles. The molecule has 2 N–H and O–H groups in total. The summed E-state index contributed by atoms with van der Waals surface area (Å²) in [5.41, 5.74) is 7.33. The second-order valence-electron chi connectivity index (χ2n) is 7.07. The Hall–Kier alpha value is -2.50. The van der Waals surface area contributed by atoms with Crippen LogP contribution in [0.2, 0.25) is 0 Å². The highest BCUT2D eigenvalue weighted by molar-refractivity contribution is 5.69. The second-order valence-corrected chi connectivity index (χ2v) is 7.07. The van der Waals surface area contributed by atoms with Crippen molar-refractivity contribution in [1.82, 2.24) is 14.7 Å². The van der Waals surface area contributed by atoms with Crippen LogP contribution in [0, 0.1) is 0 Å². The number of aromatic nitrogens is 2. The van der Waals surface area contributed by atoms with E-state index in [2.05, 4.69) is 5.10 Å². The third-order valence-corrected chi connectivity index (χ3v) is 3.98.